The van der Waals surface area contributed by atoms with E-state index in [2.05, 4.69) is 10.6 Å². The van der Waals surface area contributed by atoms with E-state index in [0.29, 0.717) is 0 Å². The van der Waals surface area contributed by atoms with E-state index in [-0.39, 0.29) is 22.0 Å². The van der Waals surface area contributed by atoms with E-state index in [0.717, 1.165) is 11.8 Å². The largest absolute Gasteiger partial charge is 0.319 e. The lowest BCUT2D eigenvalue weighted by atomic mass is 9.72. The van der Waals surface area contributed by atoms with Crippen molar-refractivity contribution in [3.63, 3.8) is 0 Å². The Balaban J connectivity index is 2.25. The van der Waals surface area contributed by atoms with Crippen molar-refractivity contribution in [2.75, 3.05) is 5.32 Å². The van der Waals surface area contributed by atoms with Gasteiger partial charge in [-0.25, -0.2) is 0 Å². The van der Waals surface area contributed by atoms with Crippen molar-refractivity contribution in [2.45, 2.75) is 26.0 Å². The lowest BCUT2D eigenvalue weighted by Crippen LogP contribution is -2.45. The molecule has 1 aromatic carbocycles. The highest BCUT2D eigenvalue weighted by Gasteiger charge is 2.45. The molecule has 2 rings (SSSR count). The van der Waals surface area contributed by atoms with Gasteiger partial charge in [-0.15, -0.1) is 0 Å². The zero-order chi connectivity index (χ0) is 21.1. The third-order valence-electron chi connectivity index (χ3n) is 4.36. The number of benzene rings is 1. The van der Waals surface area contributed by atoms with Crippen molar-refractivity contribution in [3.05, 3.63) is 45.0 Å². The van der Waals surface area contributed by atoms with Gasteiger partial charge >= 0.3 is 0 Å². The highest BCUT2D eigenvalue weighted by molar-refractivity contribution is 8.04. The van der Waals surface area contributed by atoms with Gasteiger partial charge in [0, 0.05) is 11.5 Å². The van der Waals surface area contributed by atoms with Gasteiger partial charge < -0.3 is 10.6 Å². The number of nitro benzene ring substituents is 1. The molecule has 28 heavy (non-hydrogen) atoms. The number of anilines is 1. The molecular weight excluding hydrogens is 382 g/mol. The van der Waals surface area contributed by atoms with Gasteiger partial charge in [-0.2, -0.15) is 10.5 Å². The first-order valence-electron chi connectivity index (χ1n) is 8.19. The quantitative estimate of drug-likeness (QED) is 0.571. The normalized spacial score (nSPS) is 19.0. The van der Waals surface area contributed by atoms with Crippen LogP contribution in [0.15, 0.2) is 34.9 Å². The first-order valence-corrected chi connectivity index (χ1v) is 9.07. The van der Waals surface area contributed by atoms with Crippen LogP contribution in [0.5, 0.6) is 0 Å². The van der Waals surface area contributed by atoms with Crippen molar-refractivity contribution in [3.8, 4) is 12.1 Å². The van der Waals surface area contributed by atoms with Gasteiger partial charge in [0.15, 0.2) is 0 Å². The summed E-state index contributed by atoms with van der Waals surface area (Å²) < 4.78 is 0. The Morgan fingerprint density at radius 1 is 1.39 bits per heavy atom. The number of amides is 2. The second-order valence-electron chi connectivity index (χ2n) is 6.61. The number of para-hydroxylation sites is 2. The Hall–Kier alpha value is -3.37. The van der Waals surface area contributed by atoms with Gasteiger partial charge in [0.25, 0.3) is 5.69 Å². The maximum Gasteiger partial charge on any atom is 0.292 e. The number of rotatable bonds is 5. The van der Waals surface area contributed by atoms with Crippen LogP contribution >= 0.6 is 11.8 Å². The van der Waals surface area contributed by atoms with Crippen LogP contribution in [0, 0.1) is 44.1 Å². The molecule has 0 fully saturated rings. The van der Waals surface area contributed by atoms with Crippen LogP contribution in [0.3, 0.4) is 0 Å². The van der Waals surface area contributed by atoms with E-state index >= 15 is 0 Å². The Bertz CT molecular complexity index is 957. The molecular formula is C18H17N5O4S. The number of carbonyl (C=O) groups excluding carboxylic acids is 2. The van der Waals surface area contributed by atoms with E-state index in [1.54, 1.807) is 26.8 Å². The summed E-state index contributed by atoms with van der Waals surface area (Å²) in [5, 5.41) is 34.3. The van der Waals surface area contributed by atoms with Crippen molar-refractivity contribution in [1.29, 1.82) is 10.5 Å². The average molecular weight is 399 g/mol. The monoisotopic (exact) mass is 399 g/mol. The maximum absolute atomic E-state index is 12.5. The number of nitro groups is 1. The van der Waals surface area contributed by atoms with Crippen molar-refractivity contribution < 1.29 is 14.5 Å². The number of hydrogen-bond donors (Lipinski definition) is 2. The predicted octanol–water partition coefficient (Wildman–Crippen LogP) is 2.69. The number of nitriles is 2. The van der Waals surface area contributed by atoms with Gasteiger partial charge in [0.05, 0.1) is 32.9 Å². The third kappa shape index (κ3) is 3.97. The summed E-state index contributed by atoms with van der Waals surface area (Å²) >= 11 is 0.947. The summed E-state index contributed by atoms with van der Waals surface area (Å²) in [7, 11) is 0. The Morgan fingerprint density at radius 2 is 2.04 bits per heavy atom. The fraction of sp³-hybridized carbons (Fsp3) is 0.333. The molecule has 0 unspecified atom stereocenters. The zero-order valence-electron chi connectivity index (χ0n) is 15.3. The molecule has 0 bridgehead atoms. The predicted molar refractivity (Wildman–Crippen MR) is 102 cm³/mol. The van der Waals surface area contributed by atoms with Crippen LogP contribution in [-0.4, -0.2) is 22.0 Å². The van der Waals surface area contributed by atoms with E-state index in [1.807, 2.05) is 12.1 Å². The molecule has 1 heterocycles. The molecule has 1 aliphatic rings. The Morgan fingerprint density at radius 3 is 2.61 bits per heavy atom. The molecule has 2 atom stereocenters. The van der Waals surface area contributed by atoms with Gasteiger partial charge in [0.1, 0.15) is 11.6 Å². The second-order valence-corrected chi connectivity index (χ2v) is 7.96. The lowest BCUT2D eigenvalue weighted by Gasteiger charge is -2.35. The third-order valence-corrected chi connectivity index (χ3v) is 5.46. The molecule has 2 amide bonds. The molecule has 0 radical (unpaired) electrons. The van der Waals surface area contributed by atoms with Crippen molar-refractivity contribution >= 4 is 35.0 Å². The minimum absolute atomic E-state index is 0.0528. The average Bonchev–Trinajstić information content (AvgIpc) is 2.61. The smallest absolute Gasteiger partial charge is 0.292 e. The van der Waals surface area contributed by atoms with Crippen LogP contribution in [0.4, 0.5) is 11.4 Å². The van der Waals surface area contributed by atoms with Crippen LogP contribution in [0.25, 0.3) is 0 Å². The summed E-state index contributed by atoms with van der Waals surface area (Å²) in [5.41, 5.74) is -0.998. The number of thioether (sulfide) groups is 1. The maximum atomic E-state index is 12.5. The fourth-order valence-corrected chi connectivity index (χ4v) is 3.82. The fourth-order valence-electron chi connectivity index (χ4n) is 2.72. The highest BCUT2D eigenvalue weighted by Crippen LogP contribution is 2.42. The summed E-state index contributed by atoms with van der Waals surface area (Å²) in [6.45, 7) is 4.79. The molecule has 0 saturated heterocycles. The van der Waals surface area contributed by atoms with Crippen molar-refractivity contribution in [1.82, 2.24) is 5.32 Å². The van der Waals surface area contributed by atoms with E-state index < -0.39 is 33.3 Å². The van der Waals surface area contributed by atoms with Gasteiger partial charge in [-0.1, -0.05) is 37.7 Å². The minimum atomic E-state index is -1.03. The van der Waals surface area contributed by atoms with Crippen LogP contribution in [0.2, 0.25) is 0 Å². The summed E-state index contributed by atoms with van der Waals surface area (Å²) in [6.07, 6.45) is 0. The molecule has 0 aromatic heterocycles. The SMILES string of the molecule is C[C@@H](SC1=C(C#N)C(C)(C)[C@@H](C#N)C(=O)N1)C(=O)Nc1ccccc1[N+](=O)[O-]. The first kappa shape index (κ1) is 20.9. The summed E-state index contributed by atoms with van der Waals surface area (Å²) in [4.78, 5) is 35.2. The molecule has 2 N–H and O–H groups in total. The molecule has 1 aliphatic heterocycles. The summed E-state index contributed by atoms with van der Waals surface area (Å²) in [6, 6.07) is 9.66. The number of nitrogens with zero attached hydrogens (tertiary/aromatic N) is 3. The van der Waals surface area contributed by atoms with Crippen molar-refractivity contribution in [2.24, 2.45) is 11.3 Å². The van der Waals surface area contributed by atoms with Crippen LogP contribution in [-0.2, 0) is 9.59 Å². The van der Waals surface area contributed by atoms with Gasteiger partial charge in [-0.05, 0) is 13.0 Å². The van der Waals surface area contributed by atoms with Gasteiger partial charge in [0.2, 0.25) is 11.8 Å². The molecule has 10 heteroatoms. The van der Waals surface area contributed by atoms with Crippen LogP contribution < -0.4 is 10.6 Å². The lowest BCUT2D eigenvalue weighted by molar-refractivity contribution is -0.383. The molecule has 0 aliphatic carbocycles. The summed E-state index contributed by atoms with van der Waals surface area (Å²) in [5.74, 6) is -2.10. The van der Waals surface area contributed by atoms with E-state index in [4.69, 9.17) is 0 Å². The zero-order valence-corrected chi connectivity index (χ0v) is 16.2. The minimum Gasteiger partial charge on any atom is -0.319 e. The van der Waals surface area contributed by atoms with Crippen LogP contribution in [0.1, 0.15) is 20.8 Å². The highest BCUT2D eigenvalue weighted by atomic mass is 32.2. The Labute approximate surface area is 165 Å². The standard InChI is InChI=1S/C18H17N5O4S/c1-10(15(24)21-13-6-4-5-7-14(13)23(26)27)28-17-12(9-20)18(2,3)11(8-19)16(25)22-17/h4-7,10-11H,1-3H3,(H,21,24)(H,22,25)/t10-,11+/m1/s1. The molecule has 0 saturated carbocycles. The molecule has 1 aromatic rings. The molecule has 0 spiro atoms. The topological polar surface area (TPSA) is 149 Å². The van der Waals surface area contributed by atoms with E-state index in [1.165, 1.54) is 18.2 Å². The number of hydrogen-bond acceptors (Lipinski definition) is 7. The van der Waals surface area contributed by atoms with E-state index in [9.17, 15) is 30.2 Å². The number of nitrogens with one attached hydrogen (secondary N) is 2. The first-order chi connectivity index (χ1) is 13.1. The Kier molecular flexibility index (Phi) is 6.06. The number of carbonyl (C=O) groups is 2. The molecule has 144 valence electrons. The number of allylic oxidation sites excluding steroid dienone is 1. The second kappa shape index (κ2) is 8.11. The molecule has 9 nitrogen and oxygen atoms in total. The van der Waals surface area contributed by atoms with Gasteiger partial charge in [-0.3, -0.25) is 19.7 Å².